The van der Waals surface area contributed by atoms with E-state index in [1.807, 2.05) is 26.0 Å². The molecule has 34 heavy (non-hydrogen) atoms. The maximum atomic E-state index is 12.9. The van der Waals surface area contributed by atoms with E-state index in [9.17, 15) is 28.1 Å². The molecule has 11 heteroatoms. The summed E-state index contributed by atoms with van der Waals surface area (Å²) in [5, 5.41) is 16.9. The van der Waals surface area contributed by atoms with Crippen LogP contribution in [0.3, 0.4) is 0 Å². The van der Waals surface area contributed by atoms with Crippen LogP contribution in [-0.2, 0) is 11.0 Å². The van der Waals surface area contributed by atoms with Gasteiger partial charge in [0.25, 0.3) is 5.69 Å². The Morgan fingerprint density at radius 3 is 2.35 bits per heavy atom. The van der Waals surface area contributed by atoms with Crippen LogP contribution in [0.1, 0.15) is 44.4 Å². The number of carbonyl (C=O) groups is 1. The summed E-state index contributed by atoms with van der Waals surface area (Å²) in [7, 11) is 0. The van der Waals surface area contributed by atoms with Crippen LogP contribution in [0.4, 0.5) is 24.5 Å². The van der Waals surface area contributed by atoms with E-state index in [-0.39, 0.29) is 11.6 Å². The fraction of sp³-hybridized carbons (Fsp3) is 0.435. The molecule has 0 fully saturated rings. The zero-order valence-corrected chi connectivity index (χ0v) is 18.9. The second-order valence-corrected chi connectivity index (χ2v) is 8.34. The Morgan fingerprint density at radius 2 is 1.74 bits per heavy atom. The van der Waals surface area contributed by atoms with Crippen LogP contribution < -0.4 is 20.1 Å². The molecule has 1 aliphatic heterocycles. The van der Waals surface area contributed by atoms with Crippen molar-refractivity contribution in [1.82, 2.24) is 5.32 Å². The molecule has 0 bridgehead atoms. The minimum absolute atomic E-state index is 0.0127. The minimum atomic E-state index is -4.72. The van der Waals surface area contributed by atoms with E-state index < -0.39 is 40.3 Å². The summed E-state index contributed by atoms with van der Waals surface area (Å²) in [6.45, 7) is 6.39. The number of halogens is 3. The lowest BCUT2D eigenvalue weighted by atomic mass is 9.95. The molecule has 0 saturated carbocycles. The number of benzene rings is 2. The number of alkyl halides is 3. The molecule has 0 aromatic heterocycles. The summed E-state index contributed by atoms with van der Waals surface area (Å²) < 4.78 is 50.2. The molecule has 3 rings (SSSR count). The smallest absolute Gasteiger partial charge is 0.416 e. The van der Waals surface area contributed by atoms with Crippen LogP contribution in [0.25, 0.3) is 0 Å². The molecule has 8 nitrogen and oxygen atoms in total. The van der Waals surface area contributed by atoms with Crippen molar-refractivity contribution in [3.63, 3.8) is 0 Å². The molecule has 2 atom stereocenters. The van der Waals surface area contributed by atoms with Crippen LogP contribution >= 0.6 is 0 Å². The lowest BCUT2D eigenvalue weighted by Gasteiger charge is -2.26. The van der Waals surface area contributed by atoms with Gasteiger partial charge in [-0.25, -0.2) is 0 Å². The van der Waals surface area contributed by atoms with Crippen LogP contribution in [0.2, 0.25) is 0 Å². The van der Waals surface area contributed by atoms with Crippen molar-refractivity contribution in [2.75, 3.05) is 18.5 Å². The number of amides is 1. The molecule has 0 saturated heterocycles. The molecule has 1 aliphatic rings. The highest BCUT2D eigenvalue weighted by Crippen LogP contribution is 2.36. The molecule has 2 aromatic carbocycles. The van der Waals surface area contributed by atoms with Crippen molar-refractivity contribution in [2.45, 2.75) is 45.5 Å². The highest BCUT2D eigenvalue weighted by atomic mass is 19.4. The van der Waals surface area contributed by atoms with Gasteiger partial charge in [-0.3, -0.25) is 14.9 Å². The third-order valence-electron chi connectivity index (χ3n) is 5.38. The summed E-state index contributed by atoms with van der Waals surface area (Å²) in [6.07, 6.45) is -3.97. The number of nitro benzene ring substituents is 1. The van der Waals surface area contributed by atoms with E-state index >= 15 is 0 Å². The molecule has 1 heterocycles. The van der Waals surface area contributed by atoms with Crippen LogP contribution in [0, 0.1) is 16.0 Å². The van der Waals surface area contributed by atoms with Crippen LogP contribution in [0.5, 0.6) is 11.5 Å². The third-order valence-corrected chi connectivity index (χ3v) is 5.38. The quantitative estimate of drug-likeness (QED) is 0.422. The maximum Gasteiger partial charge on any atom is 0.416 e. The highest BCUT2D eigenvalue weighted by molar-refractivity contribution is 5.85. The number of nitrogens with zero attached hydrogens (tertiary/aromatic N) is 1. The van der Waals surface area contributed by atoms with Gasteiger partial charge >= 0.3 is 6.18 Å². The number of fused-ring (bicyclic) bond motifs is 1. The molecular formula is C23H26F3N3O5. The van der Waals surface area contributed by atoms with Gasteiger partial charge in [-0.05, 0) is 42.7 Å². The fourth-order valence-electron chi connectivity index (χ4n) is 3.57. The second-order valence-electron chi connectivity index (χ2n) is 8.34. The maximum absolute atomic E-state index is 12.9. The van der Waals surface area contributed by atoms with Gasteiger partial charge in [-0.2, -0.15) is 13.2 Å². The van der Waals surface area contributed by atoms with Crippen molar-refractivity contribution in [3.8, 4) is 11.5 Å². The first-order valence-electron chi connectivity index (χ1n) is 10.8. The average molecular weight is 481 g/mol. The zero-order valence-electron chi connectivity index (χ0n) is 18.9. The van der Waals surface area contributed by atoms with Crippen molar-refractivity contribution < 1.29 is 32.4 Å². The molecule has 0 spiro atoms. The average Bonchev–Trinajstić information content (AvgIpc) is 3.01. The Balaban J connectivity index is 1.77. The number of anilines is 1. The largest absolute Gasteiger partial charge is 0.490 e. The Morgan fingerprint density at radius 1 is 1.06 bits per heavy atom. The van der Waals surface area contributed by atoms with E-state index in [2.05, 4.69) is 10.6 Å². The van der Waals surface area contributed by atoms with Crippen molar-refractivity contribution in [2.24, 2.45) is 5.92 Å². The summed E-state index contributed by atoms with van der Waals surface area (Å²) in [4.78, 5) is 23.3. The van der Waals surface area contributed by atoms with Crippen LogP contribution in [-0.4, -0.2) is 30.1 Å². The lowest BCUT2D eigenvalue weighted by Crippen LogP contribution is -2.41. The monoisotopic (exact) mass is 481 g/mol. The number of rotatable bonds is 7. The molecular weight excluding hydrogens is 455 g/mol. The molecule has 2 N–H and O–H groups in total. The highest BCUT2D eigenvalue weighted by Gasteiger charge is 2.33. The first-order valence-corrected chi connectivity index (χ1v) is 10.8. The van der Waals surface area contributed by atoms with E-state index in [4.69, 9.17) is 9.47 Å². The molecule has 2 aromatic rings. The number of nitrogens with one attached hydrogen (secondary N) is 2. The van der Waals surface area contributed by atoms with E-state index in [1.54, 1.807) is 6.07 Å². The van der Waals surface area contributed by atoms with Crippen molar-refractivity contribution >= 4 is 17.3 Å². The van der Waals surface area contributed by atoms with E-state index in [0.717, 1.165) is 24.1 Å². The fourth-order valence-corrected chi connectivity index (χ4v) is 3.57. The Hall–Kier alpha value is -3.50. The first-order chi connectivity index (χ1) is 16.0. The zero-order chi connectivity index (χ0) is 25.0. The SMILES string of the molecule is CC(C)[C@H](NC(=O)[C@H](C)Nc1ccc(C(F)(F)F)cc1[N+](=O)[O-])c1ccc2c(c1)OCCCO2. The summed E-state index contributed by atoms with van der Waals surface area (Å²) in [6, 6.07) is 6.19. The Bertz CT molecular complexity index is 1060. The van der Waals surface area contributed by atoms with E-state index in [1.165, 1.54) is 6.92 Å². The Labute approximate surface area is 194 Å². The first kappa shape index (κ1) is 25.1. The molecule has 1 amide bonds. The predicted molar refractivity (Wildman–Crippen MR) is 119 cm³/mol. The number of hydrogen-bond donors (Lipinski definition) is 2. The summed E-state index contributed by atoms with van der Waals surface area (Å²) in [5.41, 5.74) is -1.30. The topological polar surface area (TPSA) is 103 Å². The van der Waals surface area contributed by atoms with Gasteiger partial charge in [0.15, 0.2) is 11.5 Å². The third kappa shape index (κ3) is 5.89. The molecule has 184 valence electrons. The van der Waals surface area contributed by atoms with Crippen LogP contribution in [0.15, 0.2) is 36.4 Å². The number of carbonyl (C=O) groups excluding carboxylic acids is 1. The van der Waals surface area contributed by atoms with Crippen molar-refractivity contribution in [1.29, 1.82) is 0 Å². The number of ether oxygens (including phenoxy) is 2. The second kappa shape index (κ2) is 10.2. The normalized spacial score (nSPS) is 15.3. The molecule has 0 unspecified atom stereocenters. The van der Waals surface area contributed by atoms with Gasteiger partial charge in [0.05, 0.1) is 29.7 Å². The number of nitro groups is 1. The van der Waals surface area contributed by atoms with Gasteiger partial charge in [0, 0.05) is 12.5 Å². The minimum Gasteiger partial charge on any atom is -0.490 e. The van der Waals surface area contributed by atoms with Gasteiger partial charge < -0.3 is 20.1 Å². The van der Waals surface area contributed by atoms with Gasteiger partial charge in [0.2, 0.25) is 5.91 Å². The molecule has 0 aliphatic carbocycles. The standard InChI is InChI=1S/C23H26F3N3O5/c1-13(2)21(15-5-8-19-20(11-15)34-10-4-9-33-19)28-22(30)14(3)27-17-7-6-16(23(24,25)26)12-18(17)29(31)32/h5-8,11-14,21,27H,4,9-10H2,1-3H3,(H,28,30)/t14-,21-/m0/s1. The lowest BCUT2D eigenvalue weighted by molar-refractivity contribution is -0.384. The van der Waals surface area contributed by atoms with Gasteiger partial charge in [-0.1, -0.05) is 19.9 Å². The van der Waals surface area contributed by atoms with E-state index in [0.29, 0.717) is 30.8 Å². The molecule has 0 radical (unpaired) electrons. The Kier molecular flexibility index (Phi) is 7.53. The van der Waals surface area contributed by atoms with Gasteiger partial charge in [-0.15, -0.1) is 0 Å². The van der Waals surface area contributed by atoms with Gasteiger partial charge in [0.1, 0.15) is 11.7 Å². The number of hydrogen-bond acceptors (Lipinski definition) is 6. The summed E-state index contributed by atoms with van der Waals surface area (Å²) in [5.74, 6) is 0.725. The predicted octanol–water partition coefficient (Wildman–Crippen LogP) is 5.09. The summed E-state index contributed by atoms with van der Waals surface area (Å²) >= 11 is 0. The van der Waals surface area contributed by atoms with Crippen molar-refractivity contribution in [3.05, 3.63) is 57.6 Å².